The number of nitrogens with zero attached hydrogens (tertiary/aromatic N) is 1. The lowest BCUT2D eigenvalue weighted by atomic mass is 10.4. The summed E-state index contributed by atoms with van der Waals surface area (Å²) in [5, 5.41) is 0. The third-order valence-corrected chi connectivity index (χ3v) is 1.27. The quantitative estimate of drug-likeness (QED) is 0.327. The summed E-state index contributed by atoms with van der Waals surface area (Å²) in [6.07, 6.45) is 9.91. The van der Waals surface area contributed by atoms with E-state index in [1.165, 1.54) is 6.08 Å². The largest absolute Gasteiger partial charge is 0.302 e. The Balaban J connectivity index is 3.37. The molecule has 0 saturated carbocycles. The molecule has 60 valence electrons. The Hall–Kier alpha value is -1.07. The topological polar surface area (TPSA) is 20.3 Å². The van der Waals surface area contributed by atoms with E-state index in [9.17, 15) is 4.79 Å². The van der Waals surface area contributed by atoms with E-state index in [1.54, 1.807) is 0 Å². The zero-order chi connectivity index (χ0) is 8.53. The van der Waals surface area contributed by atoms with Crippen LogP contribution in [0.25, 0.3) is 0 Å². The second-order valence-corrected chi connectivity index (χ2v) is 2.28. The first-order valence-electron chi connectivity index (χ1n) is 3.53. The first-order chi connectivity index (χ1) is 5.31. The normalized spacial score (nSPS) is 10.3. The van der Waals surface area contributed by atoms with E-state index < -0.39 is 0 Å². The average Bonchev–Trinajstić information content (AvgIpc) is 2.01. The maximum absolute atomic E-state index is 9.86. The summed E-state index contributed by atoms with van der Waals surface area (Å²) in [5.41, 5.74) is 0. The second-order valence-electron chi connectivity index (χ2n) is 2.28. The highest BCUT2D eigenvalue weighted by molar-refractivity contribution is 5.64. The van der Waals surface area contributed by atoms with Crippen molar-refractivity contribution in [3.05, 3.63) is 12.2 Å². The Labute approximate surface area is 67.9 Å². The number of hydrogen-bond donors (Lipinski definition) is 0. The van der Waals surface area contributed by atoms with Gasteiger partial charge >= 0.3 is 0 Å². The van der Waals surface area contributed by atoms with Crippen LogP contribution in [0.5, 0.6) is 0 Å². The molecule has 2 heteroatoms. The molecule has 0 aliphatic heterocycles. The molecule has 0 fully saturated rings. The molecule has 0 spiro atoms. The molecule has 0 aromatic rings. The molecule has 0 aromatic carbocycles. The van der Waals surface area contributed by atoms with Crippen molar-refractivity contribution in [1.82, 2.24) is 4.90 Å². The molecule has 11 heavy (non-hydrogen) atoms. The van der Waals surface area contributed by atoms with Crippen molar-refractivity contribution in [2.75, 3.05) is 20.1 Å². The maximum Gasteiger partial charge on any atom is 0.142 e. The summed E-state index contributed by atoms with van der Waals surface area (Å²) in [6.45, 7) is 1.65. The van der Waals surface area contributed by atoms with Gasteiger partial charge in [-0.3, -0.25) is 4.79 Å². The van der Waals surface area contributed by atoms with Gasteiger partial charge in [-0.1, -0.05) is 6.08 Å². The Morgan fingerprint density at radius 3 is 2.91 bits per heavy atom. The molecule has 0 bridgehead atoms. The van der Waals surface area contributed by atoms with Crippen molar-refractivity contribution in [1.29, 1.82) is 0 Å². The molecule has 0 saturated heterocycles. The van der Waals surface area contributed by atoms with Crippen LogP contribution in [0.4, 0.5) is 0 Å². The summed E-state index contributed by atoms with van der Waals surface area (Å²) in [4.78, 5) is 11.9. The lowest BCUT2D eigenvalue weighted by molar-refractivity contribution is -0.104. The molecule has 0 heterocycles. The molecule has 0 radical (unpaired) electrons. The lowest BCUT2D eigenvalue weighted by Gasteiger charge is -2.10. The van der Waals surface area contributed by atoms with Gasteiger partial charge in [-0.2, -0.15) is 0 Å². The smallest absolute Gasteiger partial charge is 0.142 e. The molecule has 0 atom stereocenters. The van der Waals surface area contributed by atoms with Gasteiger partial charge in [0.05, 0.1) is 0 Å². The number of aldehydes is 1. The minimum Gasteiger partial charge on any atom is -0.302 e. The van der Waals surface area contributed by atoms with Gasteiger partial charge in [0.15, 0.2) is 0 Å². The summed E-state index contributed by atoms with van der Waals surface area (Å²) < 4.78 is 0. The zero-order valence-corrected chi connectivity index (χ0v) is 6.79. The molecule has 0 unspecified atom stereocenters. The van der Waals surface area contributed by atoms with Crippen LogP contribution in [0.15, 0.2) is 12.2 Å². The number of hydrogen-bond acceptors (Lipinski definition) is 2. The molecule has 0 rings (SSSR count). The van der Waals surface area contributed by atoms with Crippen molar-refractivity contribution in [3.63, 3.8) is 0 Å². The van der Waals surface area contributed by atoms with Gasteiger partial charge in [-0.05, 0) is 13.1 Å². The van der Waals surface area contributed by atoms with Gasteiger partial charge < -0.3 is 4.90 Å². The highest BCUT2D eigenvalue weighted by Gasteiger charge is 1.90. The fraction of sp³-hybridized carbons (Fsp3) is 0.444. The molecule has 0 amide bonds. The first kappa shape index (κ1) is 9.93. The second kappa shape index (κ2) is 7.04. The highest BCUT2D eigenvalue weighted by atomic mass is 16.1. The predicted molar refractivity (Wildman–Crippen MR) is 46.2 cm³/mol. The molecule has 2 nitrogen and oxygen atoms in total. The maximum atomic E-state index is 9.86. The van der Waals surface area contributed by atoms with Crippen molar-refractivity contribution in [2.24, 2.45) is 0 Å². The van der Waals surface area contributed by atoms with Crippen LogP contribution in [0.3, 0.4) is 0 Å². The zero-order valence-electron chi connectivity index (χ0n) is 6.79. The van der Waals surface area contributed by atoms with Crippen LogP contribution in [0, 0.1) is 12.3 Å². The van der Waals surface area contributed by atoms with Crippen molar-refractivity contribution < 1.29 is 4.79 Å². The number of rotatable bonds is 5. The van der Waals surface area contributed by atoms with E-state index >= 15 is 0 Å². The van der Waals surface area contributed by atoms with E-state index in [2.05, 4.69) is 10.8 Å². The van der Waals surface area contributed by atoms with E-state index in [0.29, 0.717) is 0 Å². The Bertz CT molecular complexity index is 167. The average molecular weight is 151 g/mol. The van der Waals surface area contributed by atoms with Gasteiger partial charge in [0.1, 0.15) is 6.29 Å². The number of terminal acetylenes is 1. The number of carbonyl (C=O) groups is 1. The van der Waals surface area contributed by atoms with Gasteiger partial charge in [-0.25, -0.2) is 0 Å². The lowest BCUT2D eigenvalue weighted by Crippen LogP contribution is -2.19. The number of likely N-dealkylation sites (N-methyl/N-ethyl adjacent to an activating group) is 1. The molecule has 0 aliphatic rings. The van der Waals surface area contributed by atoms with E-state index in [1.807, 2.05) is 13.1 Å². The fourth-order valence-electron chi connectivity index (χ4n) is 0.643. The third kappa shape index (κ3) is 6.82. The number of allylic oxidation sites excluding steroid dienone is 1. The van der Waals surface area contributed by atoms with Crippen LogP contribution >= 0.6 is 0 Å². The van der Waals surface area contributed by atoms with Crippen LogP contribution in [-0.4, -0.2) is 31.3 Å². The molecular formula is C9H13NO. The van der Waals surface area contributed by atoms with Crippen LogP contribution in [-0.2, 0) is 4.79 Å². The summed E-state index contributed by atoms with van der Waals surface area (Å²) in [6, 6.07) is 0. The van der Waals surface area contributed by atoms with Gasteiger partial charge in [0, 0.05) is 19.5 Å². The molecule has 0 N–H and O–H groups in total. The van der Waals surface area contributed by atoms with Crippen molar-refractivity contribution in [2.45, 2.75) is 6.42 Å². The van der Waals surface area contributed by atoms with Crippen LogP contribution in [0.2, 0.25) is 0 Å². The fourth-order valence-corrected chi connectivity index (χ4v) is 0.643. The Morgan fingerprint density at radius 2 is 2.36 bits per heavy atom. The van der Waals surface area contributed by atoms with Gasteiger partial charge in [0.25, 0.3) is 0 Å². The predicted octanol–water partition coefficient (Wildman–Crippen LogP) is 0.697. The van der Waals surface area contributed by atoms with E-state index in [4.69, 9.17) is 6.42 Å². The van der Waals surface area contributed by atoms with Crippen LogP contribution < -0.4 is 0 Å². The third-order valence-electron chi connectivity index (χ3n) is 1.27. The van der Waals surface area contributed by atoms with Crippen LogP contribution in [0.1, 0.15) is 6.42 Å². The standard InChI is InChI=1S/C9H13NO/c1-3-4-7-10(2)8-5-6-9-11/h1,5-6,9H,4,7-8H2,2H3/b6-5+. The van der Waals surface area contributed by atoms with E-state index in [0.717, 1.165) is 25.8 Å². The minimum absolute atomic E-state index is 0.755. The first-order valence-corrected chi connectivity index (χ1v) is 3.53. The summed E-state index contributed by atoms with van der Waals surface area (Å²) in [5.74, 6) is 2.55. The van der Waals surface area contributed by atoms with Gasteiger partial charge in [-0.15, -0.1) is 12.3 Å². The van der Waals surface area contributed by atoms with Crippen molar-refractivity contribution >= 4 is 6.29 Å². The van der Waals surface area contributed by atoms with E-state index in [-0.39, 0.29) is 0 Å². The number of carbonyl (C=O) groups excluding carboxylic acids is 1. The molecule has 0 aliphatic carbocycles. The SMILES string of the molecule is C#CCCN(C)C/C=C/C=O. The van der Waals surface area contributed by atoms with Gasteiger partial charge in [0.2, 0.25) is 0 Å². The minimum atomic E-state index is 0.755. The Kier molecular flexibility index (Phi) is 6.36. The molecular weight excluding hydrogens is 138 g/mol. The molecule has 0 aromatic heterocycles. The highest BCUT2D eigenvalue weighted by Crippen LogP contribution is 1.85. The monoisotopic (exact) mass is 151 g/mol. The summed E-state index contributed by atoms with van der Waals surface area (Å²) in [7, 11) is 1.96. The summed E-state index contributed by atoms with van der Waals surface area (Å²) >= 11 is 0. The Morgan fingerprint density at radius 1 is 1.64 bits per heavy atom. The van der Waals surface area contributed by atoms with Crippen molar-refractivity contribution in [3.8, 4) is 12.3 Å².